The van der Waals surface area contributed by atoms with Gasteiger partial charge in [-0.25, -0.2) is 26.3 Å². The van der Waals surface area contributed by atoms with Gasteiger partial charge in [0.15, 0.2) is 22.9 Å². The van der Waals surface area contributed by atoms with Crippen molar-refractivity contribution in [3.63, 3.8) is 0 Å². The highest BCUT2D eigenvalue weighted by Crippen LogP contribution is 2.36. The maximum Gasteiger partial charge on any atom is 0.207 e. The number of rotatable bonds is 5. The molecule has 1 aromatic heterocycles. The Morgan fingerprint density at radius 2 is 1.69 bits per heavy atom. The van der Waals surface area contributed by atoms with Crippen molar-refractivity contribution in [1.82, 2.24) is 15.0 Å². The molecule has 1 saturated heterocycles. The fourth-order valence-electron chi connectivity index (χ4n) is 3.68. The second kappa shape index (κ2) is 9.65. The SMILES string of the molecule is O=S(=O)(c1ccc(Cl)c(Cl)c1)[C@H]1OC(CO)[C@H](O)C(n2cc(-c3cc(F)c(F)c(F)c3)nn2)C1O. The second-order valence-electron chi connectivity index (χ2n) is 7.66. The molecule has 0 amide bonds. The maximum absolute atomic E-state index is 13.6. The Bertz CT molecular complexity index is 1350. The fraction of sp³-hybridized carbons (Fsp3) is 0.300. The molecule has 0 spiro atoms. The molecule has 2 heterocycles. The first-order valence-electron chi connectivity index (χ1n) is 9.84. The fourth-order valence-corrected chi connectivity index (χ4v) is 5.67. The van der Waals surface area contributed by atoms with Crippen molar-refractivity contribution >= 4 is 33.0 Å². The van der Waals surface area contributed by atoms with E-state index in [0.717, 1.165) is 23.0 Å². The van der Waals surface area contributed by atoms with Gasteiger partial charge >= 0.3 is 0 Å². The molecular weight excluding hydrogens is 538 g/mol. The minimum Gasteiger partial charge on any atom is -0.394 e. The van der Waals surface area contributed by atoms with Crippen LogP contribution in [0.25, 0.3) is 11.3 Å². The first kappa shape index (κ1) is 25.8. The van der Waals surface area contributed by atoms with Crippen molar-refractivity contribution in [3.8, 4) is 11.3 Å². The third-order valence-corrected chi connectivity index (χ3v) is 8.12. The molecule has 15 heteroatoms. The molecule has 1 aliphatic heterocycles. The van der Waals surface area contributed by atoms with E-state index in [0.29, 0.717) is 12.1 Å². The number of benzene rings is 2. The normalized spacial score (nSPS) is 25.1. The van der Waals surface area contributed by atoms with E-state index in [1.807, 2.05) is 0 Å². The van der Waals surface area contributed by atoms with Crippen LogP contribution in [0.5, 0.6) is 0 Å². The predicted molar refractivity (Wildman–Crippen MR) is 116 cm³/mol. The van der Waals surface area contributed by atoms with Gasteiger partial charge in [0, 0.05) is 5.56 Å². The number of aliphatic hydroxyl groups is 3. The molecule has 0 aliphatic carbocycles. The summed E-state index contributed by atoms with van der Waals surface area (Å²) in [5.74, 6) is -4.64. The van der Waals surface area contributed by atoms with Gasteiger partial charge in [-0.3, -0.25) is 0 Å². The molecule has 2 aromatic carbocycles. The molecule has 1 fully saturated rings. The van der Waals surface area contributed by atoms with Crippen LogP contribution in [0.15, 0.2) is 41.4 Å². The molecular formula is C20H16Cl2F3N3O6S. The van der Waals surface area contributed by atoms with Crippen LogP contribution < -0.4 is 0 Å². The lowest BCUT2D eigenvalue weighted by Gasteiger charge is -2.41. The van der Waals surface area contributed by atoms with Gasteiger partial charge in [-0.05, 0) is 30.3 Å². The van der Waals surface area contributed by atoms with Crippen molar-refractivity contribution in [2.24, 2.45) is 0 Å². The van der Waals surface area contributed by atoms with E-state index in [1.165, 1.54) is 6.07 Å². The number of halogens is 5. The monoisotopic (exact) mass is 553 g/mol. The van der Waals surface area contributed by atoms with Crippen LogP contribution in [0, 0.1) is 17.5 Å². The van der Waals surface area contributed by atoms with E-state index >= 15 is 0 Å². The van der Waals surface area contributed by atoms with Crippen LogP contribution in [-0.2, 0) is 14.6 Å². The van der Waals surface area contributed by atoms with E-state index in [-0.39, 0.29) is 26.2 Å². The van der Waals surface area contributed by atoms with Gasteiger partial charge in [0.25, 0.3) is 0 Å². The van der Waals surface area contributed by atoms with Gasteiger partial charge in [-0.15, -0.1) is 5.10 Å². The summed E-state index contributed by atoms with van der Waals surface area (Å²) in [6, 6.07) is 3.22. The zero-order valence-electron chi connectivity index (χ0n) is 17.3. The van der Waals surface area contributed by atoms with Gasteiger partial charge in [0.05, 0.1) is 27.7 Å². The number of nitrogens with zero attached hydrogens (tertiary/aromatic N) is 3. The first-order valence-corrected chi connectivity index (χ1v) is 12.1. The van der Waals surface area contributed by atoms with Gasteiger partial charge in [-0.2, -0.15) is 0 Å². The van der Waals surface area contributed by atoms with E-state index < -0.39 is 63.7 Å². The first-order chi connectivity index (χ1) is 16.4. The summed E-state index contributed by atoms with van der Waals surface area (Å²) in [5.41, 5.74) is -2.36. The number of ether oxygens (including phenoxy) is 1. The highest BCUT2D eigenvalue weighted by molar-refractivity contribution is 7.92. The summed E-state index contributed by atoms with van der Waals surface area (Å²) >= 11 is 11.7. The number of sulfone groups is 1. The summed E-state index contributed by atoms with van der Waals surface area (Å²) in [7, 11) is -4.46. The Labute approximate surface area is 206 Å². The predicted octanol–water partition coefficient (Wildman–Crippen LogP) is 2.12. The average Bonchev–Trinajstić information content (AvgIpc) is 3.28. The van der Waals surface area contributed by atoms with Crippen LogP contribution >= 0.6 is 23.2 Å². The summed E-state index contributed by atoms with van der Waals surface area (Å²) in [6.07, 6.45) is -4.04. The number of hydrogen-bond donors (Lipinski definition) is 3. The lowest BCUT2D eigenvalue weighted by molar-refractivity contribution is -0.180. The van der Waals surface area contributed by atoms with E-state index in [1.54, 1.807) is 0 Å². The number of aromatic nitrogens is 3. The van der Waals surface area contributed by atoms with Gasteiger partial charge in [0.1, 0.15) is 30.0 Å². The molecule has 3 N–H and O–H groups in total. The van der Waals surface area contributed by atoms with E-state index in [4.69, 9.17) is 27.9 Å². The number of aliphatic hydroxyl groups excluding tert-OH is 3. The lowest BCUT2D eigenvalue weighted by atomic mass is 9.97. The molecule has 0 saturated carbocycles. The Hall–Kier alpha value is -2.26. The zero-order chi connectivity index (χ0) is 25.7. The Morgan fingerprint density at radius 3 is 2.29 bits per heavy atom. The average molecular weight is 554 g/mol. The van der Waals surface area contributed by atoms with Gasteiger partial charge < -0.3 is 20.1 Å². The minimum absolute atomic E-state index is 0.0759. The Morgan fingerprint density at radius 1 is 1.03 bits per heavy atom. The molecule has 1 aliphatic rings. The molecule has 3 aromatic rings. The molecule has 0 bridgehead atoms. The lowest BCUT2D eigenvalue weighted by Crippen LogP contribution is -2.58. The summed E-state index contributed by atoms with van der Waals surface area (Å²) in [6.45, 7) is -0.826. The highest BCUT2D eigenvalue weighted by atomic mass is 35.5. The van der Waals surface area contributed by atoms with Crippen molar-refractivity contribution in [2.45, 2.75) is 34.7 Å². The smallest absolute Gasteiger partial charge is 0.207 e. The molecule has 5 atom stereocenters. The van der Waals surface area contributed by atoms with Crippen LogP contribution in [0.1, 0.15) is 6.04 Å². The van der Waals surface area contributed by atoms with Crippen LogP contribution in [0.2, 0.25) is 10.0 Å². The summed E-state index contributed by atoms with van der Waals surface area (Å²) in [5, 5.41) is 38.7. The second-order valence-corrected chi connectivity index (χ2v) is 10.5. The summed E-state index contributed by atoms with van der Waals surface area (Å²) in [4.78, 5) is -0.348. The largest absolute Gasteiger partial charge is 0.394 e. The molecule has 0 radical (unpaired) electrons. The highest BCUT2D eigenvalue weighted by Gasteiger charge is 2.51. The summed E-state index contributed by atoms with van der Waals surface area (Å²) < 4.78 is 73.2. The minimum atomic E-state index is -4.46. The maximum atomic E-state index is 13.6. The zero-order valence-corrected chi connectivity index (χ0v) is 19.6. The van der Waals surface area contributed by atoms with Gasteiger partial charge in [0.2, 0.25) is 9.84 Å². The van der Waals surface area contributed by atoms with E-state index in [9.17, 15) is 36.9 Å². The van der Waals surface area contributed by atoms with Crippen LogP contribution in [0.3, 0.4) is 0 Å². The standard InChI is InChI=1S/C20H16Cl2F3N3O6S/c21-10-2-1-9(5-11(10)22)35(32,33)20-19(31)17(18(30)15(7-29)34-20)28-6-14(26-27-28)8-3-12(23)16(25)13(24)4-8/h1-6,15,17-20,29-31H,7H2/t15?,17?,18-,19?,20+/m0/s1. The molecule has 188 valence electrons. The van der Waals surface area contributed by atoms with Crippen molar-refractivity contribution < 1.29 is 41.6 Å². The number of hydrogen-bond acceptors (Lipinski definition) is 8. The molecule has 9 nitrogen and oxygen atoms in total. The van der Waals surface area contributed by atoms with Crippen molar-refractivity contribution in [1.29, 1.82) is 0 Å². The Kier molecular flexibility index (Phi) is 7.12. The molecule has 4 rings (SSSR count). The third-order valence-electron chi connectivity index (χ3n) is 5.47. The van der Waals surface area contributed by atoms with Gasteiger partial charge in [-0.1, -0.05) is 28.4 Å². The van der Waals surface area contributed by atoms with Crippen LogP contribution in [0.4, 0.5) is 13.2 Å². The quantitative estimate of drug-likeness (QED) is 0.409. The molecule has 3 unspecified atom stereocenters. The Balaban J connectivity index is 1.73. The van der Waals surface area contributed by atoms with Crippen molar-refractivity contribution in [3.05, 3.63) is 64.0 Å². The van der Waals surface area contributed by atoms with Crippen molar-refractivity contribution in [2.75, 3.05) is 6.61 Å². The van der Waals surface area contributed by atoms with E-state index in [2.05, 4.69) is 10.3 Å². The third kappa shape index (κ3) is 4.65. The topological polar surface area (TPSA) is 135 Å². The molecule has 35 heavy (non-hydrogen) atoms. The van der Waals surface area contributed by atoms with Crippen LogP contribution in [-0.4, -0.2) is 69.1 Å².